The van der Waals surface area contributed by atoms with E-state index in [2.05, 4.69) is 35.2 Å². The zero-order valence-corrected chi connectivity index (χ0v) is 16.4. The molecule has 1 fully saturated rings. The molecule has 2 nitrogen and oxygen atoms in total. The fourth-order valence-electron chi connectivity index (χ4n) is 3.44. The molecule has 2 heterocycles. The van der Waals surface area contributed by atoms with E-state index in [1.165, 1.54) is 12.8 Å². The maximum absolute atomic E-state index is 6.54. The van der Waals surface area contributed by atoms with Crippen LogP contribution in [-0.4, -0.2) is 18.1 Å². The third-order valence-corrected chi connectivity index (χ3v) is 5.61. The van der Waals surface area contributed by atoms with Gasteiger partial charge < -0.3 is 4.90 Å². The second-order valence-electron chi connectivity index (χ2n) is 6.62. The smallest absolute Gasteiger partial charge is 0.129 e. The molecule has 3 aromatic rings. The number of pyridine rings is 1. The summed E-state index contributed by atoms with van der Waals surface area (Å²) in [7, 11) is 0. The van der Waals surface area contributed by atoms with Gasteiger partial charge >= 0.3 is 0 Å². The lowest BCUT2D eigenvalue weighted by atomic mass is 10.0. The lowest BCUT2D eigenvalue weighted by Crippen LogP contribution is -2.19. The highest BCUT2D eigenvalue weighted by Gasteiger charge is 2.18. The van der Waals surface area contributed by atoms with Gasteiger partial charge in [-0.15, -0.1) is 0 Å². The topological polar surface area (TPSA) is 16.1 Å². The van der Waals surface area contributed by atoms with Crippen LogP contribution in [0, 0.1) is 0 Å². The third-order valence-electron chi connectivity index (χ3n) is 4.82. The predicted molar refractivity (Wildman–Crippen MR) is 116 cm³/mol. The quantitative estimate of drug-likeness (QED) is 0.468. The minimum atomic E-state index is 0.513. The second kappa shape index (κ2) is 8.16. The van der Waals surface area contributed by atoms with Crippen LogP contribution in [0.2, 0.25) is 10.0 Å². The van der Waals surface area contributed by atoms with Crippen molar-refractivity contribution in [1.29, 1.82) is 0 Å². The van der Waals surface area contributed by atoms with Crippen LogP contribution in [-0.2, 0) is 0 Å². The number of rotatable bonds is 2. The average molecular weight is 395 g/mol. The molecule has 1 aliphatic heterocycles. The van der Waals surface area contributed by atoms with Gasteiger partial charge in [0.15, 0.2) is 0 Å². The number of anilines is 1. The highest BCUT2D eigenvalue weighted by Crippen LogP contribution is 2.37. The molecule has 1 saturated heterocycles. The van der Waals surface area contributed by atoms with Gasteiger partial charge in [-0.3, -0.25) is 0 Å². The minimum absolute atomic E-state index is 0.513. The zero-order valence-electron chi connectivity index (χ0n) is 14.9. The zero-order chi connectivity index (χ0) is 18.6. The van der Waals surface area contributed by atoms with Gasteiger partial charge in [0.1, 0.15) is 5.82 Å². The van der Waals surface area contributed by atoms with E-state index in [4.69, 9.17) is 28.2 Å². The Morgan fingerprint density at radius 3 is 2.07 bits per heavy atom. The molecule has 27 heavy (non-hydrogen) atoms. The van der Waals surface area contributed by atoms with Gasteiger partial charge in [-0.2, -0.15) is 0 Å². The molecule has 1 aliphatic rings. The average Bonchev–Trinajstić information content (AvgIpc) is 3.23. The number of nitrogens with zero attached hydrogens (tertiary/aromatic N) is 2. The highest BCUT2D eigenvalue weighted by molar-refractivity contribution is 6.45. The summed E-state index contributed by atoms with van der Waals surface area (Å²) < 4.78 is 0. The molecule has 0 amide bonds. The summed E-state index contributed by atoms with van der Waals surface area (Å²) in [5, 5.41) is 2.05. The summed E-state index contributed by atoms with van der Waals surface area (Å²) in [6, 6.07) is 24.4. The molecule has 2 aromatic carbocycles. The molecule has 1 aromatic heterocycles. The number of hydrogen-bond acceptors (Lipinski definition) is 2. The molecule has 0 aliphatic carbocycles. The molecule has 0 bridgehead atoms. The molecule has 0 saturated carbocycles. The van der Waals surface area contributed by atoms with Crippen molar-refractivity contribution in [3.63, 3.8) is 0 Å². The Morgan fingerprint density at radius 1 is 0.778 bits per heavy atom. The predicted octanol–water partition coefficient (Wildman–Crippen LogP) is 6.93. The fraction of sp³-hybridized carbons (Fsp3) is 0.174. The minimum Gasteiger partial charge on any atom is -0.357 e. The van der Waals surface area contributed by atoms with E-state index in [0.29, 0.717) is 10.0 Å². The van der Waals surface area contributed by atoms with Crippen molar-refractivity contribution < 1.29 is 0 Å². The maximum Gasteiger partial charge on any atom is 0.129 e. The largest absolute Gasteiger partial charge is 0.357 e. The van der Waals surface area contributed by atoms with E-state index in [0.717, 1.165) is 40.9 Å². The molecule has 4 rings (SSSR count). The summed E-state index contributed by atoms with van der Waals surface area (Å²) in [5.41, 5.74) is 2.98. The number of benzene rings is 1. The van der Waals surface area contributed by atoms with Crippen LogP contribution < -0.4 is 4.90 Å². The first-order valence-electron chi connectivity index (χ1n) is 9.16. The third kappa shape index (κ3) is 3.87. The summed E-state index contributed by atoms with van der Waals surface area (Å²) in [6.07, 6.45) is 2.39. The lowest BCUT2D eigenvalue weighted by molar-refractivity contribution is 0.944. The van der Waals surface area contributed by atoms with Crippen LogP contribution in [0.3, 0.4) is 0 Å². The monoisotopic (exact) mass is 394 g/mol. The van der Waals surface area contributed by atoms with Crippen molar-refractivity contribution >= 4 is 39.9 Å². The van der Waals surface area contributed by atoms with Crippen molar-refractivity contribution in [2.75, 3.05) is 18.0 Å². The Balaban J connectivity index is 2.00. The van der Waals surface area contributed by atoms with E-state index in [1.807, 2.05) is 42.5 Å². The van der Waals surface area contributed by atoms with Crippen LogP contribution in [0.5, 0.6) is 0 Å². The molecule has 0 N–H and O–H groups in total. The molecule has 0 unspecified atom stereocenters. The molecule has 136 valence electrons. The van der Waals surface area contributed by atoms with Crippen LogP contribution in [0.15, 0.2) is 72.8 Å². The molecule has 0 atom stereocenters. The van der Waals surface area contributed by atoms with Gasteiger partial charge in [0.05, 0.1) is 15.6 Å². The lowest BCUT2D eigenvalue weighted by Gasteiger charge is -2.19. The second-order valence-corrected chi connectivity index (χ2v) is 7.40. The van der Waals surface area contributed by atoms with Crippen molar-refractivity contribution in [3.05, 3.63) is 82.8 Å². The first kappa shape index (κ1) is 18.1. The van der Waals surface area contributed by atoms with E-state index in [9.17, 15) is 0 Å². The summed E-state index contributed by atoms with van der Waals surface area (Å²) in [4.78, 5) is 7.19. The Morgan fingerprint density at radius 2 is 1.41 bits per heavy atom. The molecule has 0 spiro atoms. The number of halogens is 2. The summed E-state index contributed by atoms with van der Waals surface area (Å²) >= 11 is 12.8. The molecule has 0 radical (unpaired) electrons. The van der Waals surface area contributed by atoms with Crippen LogP contribution in [0.1, 0.15) is 12.8 Å². The van der Waals surface area contributed by atoms with Gasteiger partial charge in [0, 0.05) is 18.5 Å². The Labute approximate surface area is 169 Å². The summed E-state index contributed by atoms with van der Waals surface area (Å²) in [6.45, 7) is 2.05. The number of fused-ring (bicyclic) bond motifs is 1. The normalized spacial score (nSPS) is 13.6. The standard InChI is InChI=1S/C23H20Cl2N2/c24-20-13-12-18-19(17-10-6-4-2-1-3-5-7-11-17)16-21(26-23(18)22(20)25)27-14-8-9-15-27/h1-7,10-13,16H,8-9,14-15H2. The van der Waals surface area contributed by atoms with Gasteiger partial charge in [-0.05, 0) is 36.1 Å². The van der Waals surface area contributed by atoms with Crippen LogP contribution in [0.4, 0.5) is 5.82 Å². The van der Waals surface area contributed by atoms with Crippen molar-refractivity contribution in [1.82, 2.24) is 4.98 Å². The van der Waals surface area contributed by atoms with Crippen molar-refractivity contribution in [2.24, 2.45) is 0 Å². The van der Waals surface area contributed by atoms with Crippen molar-refractivity contribution in [3.8, 4) is 11.1 Å². The molecular weight excluding hydrogens is 375 g/mol. The Hall–Kier alpha value is -2.29. The number of hydrogen-bond donors (Lipinski definition) is 0. The molecule has 4 heteroatoms. The first-order chi connectivity index (χ1) is 13.2. The van der Waals surface area contributed by atoms with Gasteiger partial charge in [-0.25, -0.2) is 4.98 Å². The van der Waals surface area contributed by atoms with Gasteiger partial charge in [0.25, 0.3) is 0 Å². The van der Waals surface area contributed by atoms with Crippen molar-refractivity contribution in [2.45, 2.75) is 12.8 Å². The van der Waals surface area contributed by atoms with E-state index in [-0.39, 0.29) is 0 Å². The van der Waals surface area contributed by atoms with E-state index < -0.39 is 0 Å². The Bertz CT molecular complexity index is 1000. The van der Waals surface area contributed by atoms with E-state index in [1.54, 1.807) is 0 Å². The highest BCUT2D eigenvalue weighted by atomic mass is 35.5. The first-order valence-corrected chi connectivity index (χ1v) is 9.92. The fourth-order valence-corrected chi connectivity index (χ4v) is 3.80. The van der Waals surface area contributed by atoms with Gasteiger partial charge in [0.2, 0.25) is 0 Å². The number of aromatic nitrogens is 1. The van der Waals surface area contributed by atoms with Gasteiger partial charge in [-0.1, -0.05) is 83.9 Å². The van der Waals surface area contributed by atoms with Crippen LogP contribution >= 0.6 is 23.2 Å². The summed E-state index contributed by atoms with van der Waals surface area (Å²) in [5.74, 6) is 0.963. The maximum atomic E-state index is 6.54. The SMILES string of the molecule is Clc1ccc2c(-c3ccccccccc3)cc(N3CCCC3)nc2c1Cl. The van der Waals surface area contributed by atoms with Crippen LogP contribution in [0.25, 0.3) is 22.0 Å². The van der Waals surface area contributed by atoms with E-state index >= 15 is 0 Å². The molecular formula is C23H20Cl2N2. The Kier molecular flexibility index (Phi) is 5.47.